The zero-order chi connectivity index (χ0) is 29.2. The molecule has 6 rings (SSSR count). The predicted molar refractivity (Wildman–Crippen MR) is 160 cm³/mol. The number of hydrogen-bond donors (Lipinski definition) is 4. The lowest BCUT2D eigenvalue weighted by Gasteiger charge is -2.64. The first-order valence-electron chi connectivity index (χ1n) is 15.9. The summed E-state index contributed by atoms with van der Waals surface area (Å²) in [6, 6.07) is 18.5. The fraction of sp³-hybridized carbons (Fsp3) is 0.639. The molecule has 0 saturated heterocycles. The highest BCUT2D eigenvalue weighted by Gasteiger charge is 2.66. The normalized spacial score (nSPS) is 42.5. The Bertz CT molecular complexity index is 1240. The van der Waals surface area contributed by atoms with Crippen LogP contribution in [0.3, 0.4) is 0 Å². The van der Waals surface area contributed by atoms with Gasteiger partial charge in [-0.3, -0.25) is 4.79 Å². The van der Waals surface area contributed by atoms with Gasteiger partial charge in [-0.15, -0.1) is 0 Å². The van der Waals surface area contributed by atoms with Crippen LogP contribution in [-0.2, 0) is 10.4 Å². The van der Waals surface area contributed by atoms with Gasteiger partial charge in [0.25, 0.3) is 0 Å². The third-order valence-corrected chi connectivity index (χ3v) is 12.9. The van der Waals surface area contributed by atoms with Crippen molar-refractivity contribution in [3.05, 3.63) is 60.2 Å². The second-order valence-corrected chi connectivity index (χ2v) is 14.7. The van der Waals surface area contributed by atoms with Crippen LogP contribution in [0.1, 0.15) is 84.1 Å². The van der Waals surface area contributed by atoms with E-state index in [-0.39, 0.29) is 29.1 Å². The smallest absolute Gasteiger partial charge is 0.303 e. The van der Waals surface area contributed by atoms with Gasteiger partial charge in [0.1, 0.15) is 0 Å². The summed E-state index contributed by atoms with van der Waals surface area (Å²) in [6.45, 7) is 6.92. The van der Waals surface area contributed by atoms with Crippen LogP contribution < -0.4 is 0 Å². The van der Waals surface area contributed by atoms with E-state index >= 15 is 0 Å². The van der Waals surface area contributed by atoms with E-state index in [1.54, 1.807) is 0 Å². The summed E-state index contributed by atoms with van der Waals surface area (Å²) in [5.74, 6) is 0.617. The molecule has 4 N–H and O–H groups in total. The number of benzene rings is 2. The maximum Gasteiger partial charge on any atom is 0.303 e. The van der Waals surface area contributed by atoms with Gasteiger partial charge < -0.3 is 20.4 Å². The van der Waals surface area contributed by atoms with Crippen molar-refractivity contribution in [2.45, 2.75) is 96.4 Å². The van der Waals surface area contributed by atoms with Gasteiger partial charge in [-0.1, -0.05) is 75.4 Å². The topological polar surface area (TPSA) is 98.0 Å². The van der Waals surface area contributed by atoms with E-state index in [0.717, 1.165) is 48.8 Å². The highest BCUT2D eigenvalue weighted by Crippen LogP contribution is 2.69. The summed E-state index contributed by atoms with van der Waals surface area (Å²) in [4.78, 5) is 11.2. The minimum absolute atomic E-state index is 0.0537. The molecule has 4 fully saturated rings. The fourth-order valence-electron chi connectivity index (χ4n) is 10.6. The minimum Gasteiger partial charge on any atom is -0.481 e. The SMILES string of the molecule is C[C@H](CCC(=O)O)[C@H]1CC[C@H]2[C@@H]3[C@H](O)[C@H](O)[C@@H]4C[C@](O)(c5ccc(-c6ccccc6)cc5)CC[C@]4(C)[C@H]3CC[C@]12C. The zero-order valence-electron chi connectivity index (χ0n) is 24.9. The summed E-state index contributed by atoms with van der Waals surface area (Å²) in [5.41, 5.74) is 2.08. The predicted octanol–water partition coefficient (Wildman–Crippen LogP) is 6.64. The first-order valence-corrected chi connectivity index (χ1v) is 15.9. The Kier molecular flexibility index (Phi) is 7.40. The van der Waals surface area contributed by atoms with Crippen LogP contribution in [0, 0.1) is 46.3 Å². The third kappa shape index (κ3) is 4.67. The molecule has 4 aliphatic rings. The Labute approximate surface area is 245 Å². The summed E-state index contributed by atoms with van der Waals surface area (Å²) >= 11 is 0. The van der Waals surface area contributed by atoms with E-state index in [0.29, 0.717) is 42.9 Å². The van der Waals surface area contributed by atoms with Crippen molar-refractivity contribution < 1.29 is 25.2 Å². The van der Waals surface area contributed by atoms with Crippen molar-refractivity contribution in [1.29, 1.82) is 0 Å². The molecular formula is C36H48O5. The van der Waals surface area contributed by atoms with Crippen LogP contribution in [0.5, 0.6) is 0 Å². The van der Waals surface area contributed by atoms with Crippen LogP contribution in [0.15, 0.2) is 54.6 Å². The molecule has 2 aromatic carbocycles. The molecule has 0 unspecified atom stereocenters. The number of carboxylic acids is 1. The van der Waals surface area contributed by atoms with Crippen molar-refractivity contribution in [2.75, 3.05) is 0 Å². The summed E-state index contributed by atoms with van der Waals surface area (Å²) in [6.07, 6.45) is 5.46. The molecule has 0 radical (unpaired) electrons. The summed E-state index contributed by atoms with van der Waals surface area (Å²) in [5, 5.41) is 44.8. The van der Waals surface area contributed by atoms with Crippen LogP contribution in [0.25, 0.3) is 11.1 Å². The number of fused-ring (bicyclic) bond motifs is 5. The number of aliphatic carboxylic acids is 1. The van der Waals surface area contributed by atoms with Gasteiger partial charge in [-0.05, 0) is 114 Å². The number of aliphatic hydroxyl groups is 3. The Balaban J connectivity index is 1.23. The molecule has 41 heavy (non-hydrogen) atoms. The van der Waals surface area contributed by atoms with Gasteiger partial charge in [0.05, 0.1) is 17.8 Å². The van der Waals surface area contributed by atoms with Crippen molar-refractivity contribution in [1.82, 2.24) is 0 Å². The third-order valence-electron chi connectivity index (χ3n) is 12.9. The second-order valence-electron chi connectivity index (χ2n) is 14.7. The fourth-order valence-corrected chi connectivity index (χ4v) is 10.6. The van der Waals surface area contributed by atoms with E-state index in [9.17, 15) is 25.2 Å². The average Bonchev–Trinajstić information content (AvgIpc) is 3.33. The molecule has 0 amide bonds. The summed E-state index contributed by atoms with van der Waals surface area (Å²) in [7, 11) is 0. The van der Waals surface area contributed by atoms with E-state index in [1.165, 1.54) is 0 Å². The maximum atomic E-state index is 12.0. The Hall–Kier alpha value is -2.21. The monoisotopic (exact) mass is 560 g/mol. The molecule has 0 heterocycles. The van der Waals surface area contributed by atoms with E-state index in [2.05, 4.69) is 45.0 Å². The lowest BCUT2D eigenvalue weighted by molar-refractivity contribution is -0.235. The van der Waals surface area contributed by atoms with Gasteiger partial charge in [-0.25, -0.2) is 0 Å². The van der Waals surface area contributed by atoms with Crippen LogP contribution >= 0.6 is 0 Å². The Morgan fingerprint density at radius 1 is 0.829 bits per heavy atom. The van der Waals surface area contributed by atoms with Gasteiger partial charge in [0.2, 0.25) is 0 Å². The highest BCUT2D eigenvalue weighted by atomic mass is 16.4. The molecular weight excluding hydrogens is 512 g/mol. The molecule has 0 spiro atoms. The molecule has 222 valence electrons. The number of carbonyl (C=O) groups is 1. The van der Waals surface area contributed by atoms with Crippen LogP contribution in [-0.4, -0.2) is 38.6 Å². The van der Waals surface area contributed by atoms with Gasteiger partial charge in [0, 0.05) is 6.42 Å². The minimum atomic E-state index is -1.02. The van der Waals surface area contributed by atoms with Crippen LogP contribution in [0.4, 0.5) is 0 Å². The van der Waals surface area contributed by atoms with E-state index < -0.39 is 23.8 Å². The molecule has 11 atom stereocenters. The zero-order valence-corrected chi connectivity index (χ0v) is 24.9. The molecule has 0 aromatic heterocycles. The molecule has 5 nitrogen and oxygen atoms in total. The number of rotatable bonds is 6. The first-order chi connectivity index (χ1) is 19.5. The average molecular weight is 561 g/mol. The lowest BCUT2D eigenvalue weighted by Crippen LogP contribution is -2.65. The molecule has 4 aliphatic carbocycles. The van der Waals surface area contributed by atoms with Crippen molar-refractivity contribution in [2.24, 2.45) is 46.3 Å². The largest absolute Gasteiger partial charge is 0.481 e. The number of hydrogen-bond acceptors (Lipinski definition) is 4. The van der Waals surface area contributed by atoms with Gasteiger partial charge in [-0.2, -0.15) is 0 Å². The van der Waals surface area contributed by atoms with Crippen molar-refractivity contribution in [3.63, 3.8) is 0 Å². The lowest BCUT2D eigenvalue weighted by atomic mass is 9.42. The van der Waals surface area contributed by atoms with Crippen LogP contribution in [0.2, 0.25) is 0 Å². The number of carboxylic acid groups (broad SMARTS) is 1. The Morgan fingerprint density at radius 2 is 1.49 bits per heavy atom. The van der Waals surface area contributed by atoms with E-state index in [1.807, 2.05) is 30.3 Å². The Morgan fingerprint density at radius 3 is 2.17 bits per heavy atom. The molecule has 2 aromatic rings. The van der Waals surface area contributed by atoms with Gasteiger partial charge in [0.15, 0.2) is 0 Å². The molecule has 0 bridgehead atoms. The molecule has 5 heteroatoms. The molecule has 0 aliphatic heterocycles. The maximum absolute atomic E-state index is 12.0. The number of aliphatic hydroxyl groups excluding tert-OH is 2. The summed E-state index contributed by atoms with van der Waals surface area (Å²) < 4.78 is 0. The first kappa shape index (κ1) is 28.9. The quantitative estimate of drug-likeness (QED) is 0.317. The van der Waals surface area contributed by atoms with Gasteiger partial charge >= 0.3 is 5.97 Å². The second kappa shape index (κ2) is 10.5. The van der Waals surface area contributed by atoms with E-state index in [4.69, 9.17) is 0 Å². The van der Waals surface area contributed by atoms with Crippen molar-refractivity contribution >= 4 is 5.97 Å². The standard InChI is InChI=1S/C36H48O5/c1-22(9-16-30(37)38)26-14-15-27-31-28(17-18-34(26,27)2)35(3)19-20-36(41,21-29(35)32(39)33(31)40)25-12-10-24(11-13-25)23-7-5-4-6-8-23/h4-8,10-13,22,26-29,31-33,39-41H,9,14-21H2,1-3H3,(H,37,38)/t22-,26-,27+,28+,29+,31+,32-,33+,34-,35-,36+/m1/s1. The highest BCUT2D eigenvalue weighted by molar-refractivity contribution is 5.66. The van der Waals surface area contributed by atoms with Crippen molar-refractivity contribution in [3.8, 4) is 11.1 Å². The molecule has 4 saturated carbocycles.